The highest BCUT2D eigenvalue weighted by atomic mass is 32.2. The predicted molar refractivity (Wildman–Crippen MR) is 121 cm³/mol. The number of thioether (sulfide) groups is 1. The van der Waals surface area contributed by atoms with Crippen molar-refractivity contribution in [3.05, 3.63) is 48.0 Å². The van der Waals surface area contributed by atoms with Crippen LogP contribution in [0.4, 0.5) is 5.69 Å². The number of hydrogen-bond acceptors (Lipinski definition) is 5. The summed E-state index contributed by atoms with van der Waals surface area (Å²) in [6.07, 6.45) is 0.920. The quantitative estimate of drug-likeness (QED) is 0.575. The monoisotopic (exact) mass is 434 g/mol. The summed E-state index contributed by atoms with van der Waals surface area (Å²) < 4.78 is 34.1. The SMILES string of the molecule is CC(C)c1ccc(S(=O)(=O)N2CCSc3ccc(OCCCN(C)C)cc32)cc1. The van der Waals surface area contributed by atoms with Gasteiger partial charge in [0.1, 0.15) is 5.75 Å². The Bertz CT molecular complexity index is 926. The van der Waals surface area contributed by atoms with Crippen LogP contribution >= 0.6 is 11.8 Å². The summed E-state index contributed by atoms with van der Waals surface area (Å²) in [4.78, 5) is 3.42. The lowest BCUT2D eigenvalue weighted by Crippen LogP contribution is -2.35. The number of rotatable bonds is 8. The van der Waals surface area contributed by atoms with Crippen molar-refractivity contribution in [2.45, 2.75) is 36.0 Å². The van der Waals surface area contributed by atoms with E-state index in [4.69, 9.17) is 4.74 Å². The molecule has 0 fully saturated rings. The highest BCUT2D eigenvalue weighted by Gasteiger charge is 2.30. The number of sulfonamides is 1. The molecule has 1 aliphatic heterocycles. The number of benzene rings is 2. The van der Waals surface area contributed by atoms with Crippen molar-refractivity contribution in [1.29, 1.82) is 0 Å². The number of fused-ring (bicyclic) bond motifs is 1. The maximum absolute atomic E-state index is 13.3. The standard InChI is InChI=1S/C22H30N2O3S2/c1-17(2)18-6-9-20(10-7-18)29(25,26)24-13-15-28-22-11-8-19(16-21(22)24)27-14-5-12-23(3)4/h6-11,16-17H,5,12-15H2,1-4H3. The van der Waals surface area contributed by atoms with Crippen LogP contribution in [0.25, 0.3) is 0 Å². The first-order valence-electron chi connectivity index (χ1n) is 9.96. The molecule has 1 aliphatic rings. The Hall–Kier alpha value is -1.70. The summed E-state index contributed by atoms with van der Waals surface area (Å²) in [5.74, 6) is 1.81. The van der Waals surface area contributed by atoms with E-state index in [1.54, 1.807) is 23.9 Å². The lowest BCUT2D eigenvalue weighted by atomic mass is 10.0. The molecule has 0 aromatic heterocycles. The van der Waals surface area contributed by atoms with Crippen molar-refractivity contribution in [3.8, 4) is 5.75 Å². The summed E-state index contributed by atoms with van der Waals surface area (Å²) in [5.41, 5.74) is 1.84. The molecule has 1 heterocycles. The molecule has 2 aromatic rings. The molecule has 0 aliphatic carbocycles. The van der Waals surface area contributed by atoms with Crippen molar-refractivity contribution in [1.82, 2.24) is 4.90 Å². The van der Waals surface area contributed by atoms with E-state index in [1.807, 2.05) is 44.4 Å². The minimum atomic E-state index is -3.61. The van der Waals surface area contributed by atoms with Crippen LogP contribution in [-0.4, -0.2) is 52.9 Å². The van der Waals surface area contributed by atoms with Crippen molar-refractivity contribution in [2.75, 3.05) is 43.8 Å². The van der Waals surface area contributed by atoms with Gasteiger partial charge in [-0.25, -0.2) is 8.42 Å². The summed E-state index contributed by atoms with van der Waals surface area (Å²) >= 11 is 1.68. The van der Waals surface area contributed by atoms with E-state index >= 15 is 0 Å². The fourth-order valence-electron chi connectivity index (χ4n) is 3.24. The van der Waals surface area contributed by atoms with Crippen LogP contribution in [0.3, 0.4) is 0 Å². The van der Waals surface area contributed by atoms with Crippen LogP contribution in [0.2, 0.25) is 0 Å². The third-order valence-electron chi connectivity index (χ3n) is 4.90. The van der Waals surface area contributed by atoms with Gasteiger partial charge in [-0.3, -0.25) is 4.31 Å². The van der Waals surface area contributed by atoms with Gasteiger partial charge < -0.3 is 9.64 Å². The third kappa shape index (κ3) is 5.27. The van der Waals surface area contributed by atoms with E-state index in [0.717, 1.165) is 29.2 Å². The van der Waals surface area contributed by atoms with Gasteiger partial charge in [0.25, 0.3) is 10.0 Å². The molecule has 0 amide bonds. The average Bonchev–Trinajstić information content (AvgIpc) is 2.70. The zero-order valence-electron chi connectivity index (χ0n) is 17.6. The zero-order chi connectivity index (χ0) is 21.0. The molecule has 2 aromatic carbocycles. The maximum Gasteiger partial charge on any atom is 0.264 e. The number of nitrogens with zero attached hydrogens (tertiary/aromatic N) is 2. The van der Waals surface area contributed by atoms with Gasteiger partial charge in [-0.2, -0.15) is 0 Å². The van der Waals surface area contributed by atoms with Crippen LogP contribution in [-0.2, 0) is 10.0 Å². The molecule has 0 saturated heterocycles. The van der Waals surface area contributed by atoms with E-state index in [-0.39, 0.29) is 0 Å². The molecule has 0 N–H and O–H groups in total. The van der Waals surface area contributed by atoms with Gasteiger partial charge in [-0.1, -0.05) is 26.0 Å². The molecule has 0 bridgehead atoms. The Kier molecular flexibility index (Phi) is 7.14. The summed E-state index contributed by atoms with van der Waals surface area (Å²) in [7, 11) is 0.455. The maximum atomic E-state index is 13.3. The van der Waals surface area contributed by atoms with Gasteiger partial charge in [-0.05, 0) is 56.3 Å². The fraction of sp³-hybridized carbons (Fsp3) is 0.455. The van der Waals surface area contributed by atoms with Crippen LogP contribution in [0, 0.1) is 0 Å². The Balaban J connectivity index is 1.83. The third-order valence-corrected chi connectivity index (χ3v) is 7.77. The zero-order valence-corrected chi connectivity index (χ0v) is 19.2. The van der Waals surface area contributed by atoms with E-state index in [2.05, 4.69) is 18.7 Å². The fourth-order valence-corrected chi connectivity index (χ4v) is 5.86. The molecule has 0 radical (unpaired) electrons. The van der Waals surface area contributed by atoms with Crippen LogP contribution < -0.4 is 9.04 Å². The molecule has 5 nitrogen and oxygen atoms in total. The Morgan fingerprint density at radius 1 is 1.14 bits per heavy atom. The van der Waals surface area contributed by atoms with Gasteiger partial charge in [0.15, 0.2) is 0 Å². The highest BCUT2D eigenvalue weighted by molar-refractivity contribution is 8.00. The normalized spacial score (nSPS) is 14.3. The van der Waals surface area contributed by atoms with Crippen molar-refractivity contribution >= 4 is 27.5 Å². The molecule has 0 saturated carbocycles. The summed E-state index contributed by atoms with van der Waals surface area (Å²) in [6.45, 7) is 6.21. The van der Waals surface area contributed by atoms with E-state index < -0.39 is 10.0 Å². The highest BCUT2D eigenvalue weighted by Crippen LogP contribution is 2.40. The Morgan fingerprint density at radius 3 is 2.52 bits per heavy atom. The summed E-state index contributed by atoms with van der Waals surface area (Å²) in [6, 6.07) is 13.0. The topological polar surface area (TPSA) is 49.9 Å². The van der Waals surface area contributed by atoms with Gasteiger partial charge >= 0.3 is 0 Å². The molecular formula is C22H30N2O3S2. The van der Waals surface area contributed by atoms with Gasteiger partial charge in [0.2, 0.25) is 0 Å². The first kappa shape index (κ1) is 22.0. The average molecular weight is 435 g/mol. The smallest absolute Gasteiger partial charge is 0.264 e. The summed E-state index contributed by atoms with van der Waals surface area (Å²) in [5, 5.41) is 0. The largest absolute Gasteiger partial charge is 0.493 e. The molecule has 7 heteroatoms. The number of ether oxygens (including phenoxy) is 1. The number of hydrogen-bond donors (Lipinski definition) is 0. The van der Waals surface area contributed by atoms with Crippen LogP contribution in [0.15, 0.2) is 52.3 Å². The lowest BCUT2D eigenvalue weighted by Gasteiger charge is -2.30. The molecule has 0 unspecified atom stereocenters. The first-order chi connectivity index (χ1) is 13.8. The van der Waals surface area contributed by atoms with E-state index in [1.165, 1.54) is 4.31 Å². The molecule has 158 valence electrons. The molecular weight excluding hydrogens is 404 g/mol. The van der Waals surface area contributed by atoms with Crippen molar-refractivity contribution < 1.29 is 13.2 Å². The molecule has 3 rings (SSSR count). The minimum absolute atomic E-state index is 0.331. The minimum Gasteiger partial charge on any atom is -0.493 e. The van der Waals surface area contributed by atoms with Crippen molar-refractivity contribution in [3.63, 3.8) is 0 Å². The van der Waals surface area contributed by atoms with E-state index in [0.29, 0.717) is 35.4 Å². The second-order valence-electron chi connectivity index (χ2n) is 7.78. The lowest BCUT2D eigenvalue weighted by molar-refractivity contribution is 0.281. The number of anilines is 1. The van der Waals surface area contributed by atoms with Crippen LogP contribution in [0.5, 0.6) is 5.75 Å². The predicted octanol–water partition coefficient (Wildman–Crippen LogP) is 4.44. The van der Waals surface area contributed by atoms with Gasteiger partial charge in [0, 0.05) is 29.8 Å². The second kappa shape index (κ2) is 9.41. The van der Waals surface area contributed by atoms with Crippen LogP contribution in [0.1, 0.15) is 31.7 Å². The molecule has 0 spiro atoms. The van der Waals surface area contributed by atoms with E-state index in [9.17, 15) is 8.42 Å². The second-order valence-corrected chi connectivity index (χ2v) is 10.8. The Morgan fingerprint density at radius 2 is 1.86 bits per heavy atom. The Labute approximate surface area is 179 Å². The first-order valence-corrected chi connectivity index (χ1v) is 12.4. The van der Waals surface area contributed by atoms with Gasteiger partial charge in [-0.15, -0.1) is 11.8 Å². The molecule has 0 atom stereocenters. The van der Waals surface area contributed by atoms with Gasteiger partial charge in [0.05, 0.1) is 17.2 Å². The molecule has 29 heavy (non-hydrogen) atoms. The van der Waals surface area contributed by atoms with Crippen molar-refractivity contribution in [2.24, 2.45) is 0 Å².